The molecule has 2 aliphatic heterocycles. The van der Waals surface area contributed by atoms with Crippen LogP contribution in [0.15, 0.2) is 24.3 Å². The number of carbonyl (C=O) groups is 1. The second-order valence-electron chi connectivity index (χ2n) is 6.27. The summed E-state index contributed by atoms with van der Waals surface area (Å²) in [6, 6.07) is 9.97. The molecule has 1 amide bonds. The molecule has 3 atom stereocenters. The zero-order chi connectivity index (χ0) is 12.8. The van der Waals surface area contributed by atoms with Crippen LogP contribution in [0.2, 0.25) is 0 Å². The molecule has 2 bridgehead atoms. The number of halogens is 1. The van der Waals surface area contributed by atoms with E-state index in [1.54, 1.807) is 0 Å². The van der Waals surface area contributed by atoms with E-state index in [0.29, 0.717) is 18.1 Å². The van der Waals surface area contributed by atoms with E-state index in [0.717, 1.165) is 19.3 Å². The number of rotatable bonds is 2. The molecule has 2 fully saturated rings. The number of hydrogen-bond donors (Lipinski definition) is 2. The van der Waals surface area contributed by atoms with Gasteiger partial charge in [0.15, 0.2) is 0 Å². The first kappa shape index (κ1) is 13.9. The summed E-state index contributed by atoms with van der Waals surface area (Å²) in [6.07, 6.45) is 5.69. The average Bonchev–Trinajstić information content (AvgIpc) is 2.70. The highest BCUT2D eigenvalue weighted by atomic mass is 35.5. The molecule has 3 aliphatic rings. The van der Waals surface area contributed by atoms with E-state index in [-0.39, 0.29) is 24.2 Å². The Bertz CT molecular complexity index is 507. The zero-order valence-corrected chi connectivity index (χ0v) is 12.3. The fraction of sp³-hybridized carbons (Fsp3) is 0.562. The number of benzene rings is 1. The zero-order valence-electron chi connectivity index (χ0n) is 11.5. The van der Waals surface area contributed by atoms with Crippen molar-refractivity contribution in [3.8, 4) is 0 Å². The molecule has 0 saturated carbocycles. The van der Waals surface area contributed by atoms with Crippen LogP contribution in [0, 0.1) is 0 Å². The second kappa shape index (κ2) is 5.38. The van der Waals surface area contributed by atoms with Crippen molar-refractivity contribution in [2.24, 2.45) is 0 Å². The van der Waals surface area contributed by atoms with Gasteiger partial charge in [0, 0.05) is 18.1 Å². The molecule has 2 heterocycles. The predicted molar refractivity (Wildman–Crippen MR) is 81.2 cm³/mol. The van der Waals surface area contributed by atoms with Crippen LogP contribution in [0.25, 0.3) is 0 Å². The van der Waals surface area contributed by atoms with E-state index in [4.69, 9.17) is 0 Å². The Labute approximate surface area is 125 Å². The summed E-state index contributed by atoms with van der Waals surface area (Å²) in [5.74, 6) is 0.341. The van der Waals surface area contributed by atoms with E-state index in [9.17, 15) is 4.79 Å². The molecular formula is C16H21ClN2O. The minimum atomic E-state index is 0. The molecule has 20 heavy (non-hydrogen) atoms. The van der Waals surface area contributed by atoms with E-state index in [2.05, 4.69) is 28.8 Å². The number of hydrogen-bond acceptors (Lipinski definition) is 2. The van der Waals surface area contributed by atoms with Crippen molar-refractivity contribution < 1.29 is 4.79 Å². The molecule has 4 heteroatoms. The fourth-order valence-electron chi connectivity index (χ4n) is 3.97. The molecule has 3 unspecified atom stereocenters. The van der Waals surface area contributed by atoms with Gasteiger partial charge in [-0.05, 0) is 43.2 Å². The van der Waals surface area contributed by atoms with Crippen molar-refractivity contribution in [2.75, 3.05) is 0 Å². The quantitative estimate of drug-likeness (QED) is 0.877. The first-order chi connectivity index (χ1) is 9.29. The van der Waals surface area contributed by atoms with Gasteiger partial charge in [-0.15, -0.1) is 12.4 Å². The number of carbonyl (C=O) groups excluding carboxylic acids is 1. The van der Waals surface area contributed by atoms with Gasteiger partial charge in [0.05, 0.1) is 5.92 Å². The summed E-state index contributed by atoms with van der Waals surface area (Å²) in [5, 5.41) is 6.90. The molecule has 2 saturated heterocycles. The molecule has 0 spiro atoms. The minimum Gasteiger partial charge on any atom is -0.353 e. The Kier molecular flexibility index (Phi) is 3.74. The normalized spacial score (nSPS) is 33.6. The van der Waals surface area contributed by atoms with Gasteiger partial charge < -0.3 is 10.6 Å². The minimum absolute atomic E-state index is 0. The van der Waals surface area contributed by atoms with Crippen molar-refractivity contribution >= 4 is 18.3 Å². The van der Waals surface area contributed by atoms with Crippen LogP contribution in [-0.4, -0.2) is 24.0 Å². The summed E-state index contributed by atoms with van der Waals surface area (Å²) in [7, 11) is 0. The van der Waals surface area contributed by atoms with Crippen molar-refractivity contribution in [1.29, 1.82) is 0 Å². The smallest absolute Gasteiger partial charge is 0.228 e. The van der Waals surface area contributed by atoms with Crippen LogP contribution in [0.5, 0.6) is 0 Å². The molecule has 1 aromatic carbocycles. The molecule has 108 valence electrons. The van der Waals surface area contributed by atoms with E-state index in [1.807, 2.05) is 6.07 Å². The van der Waals surface area contributed by atoms with Gasteiger partial charge in [-0.1, -0.05) is 24.3 Å². The fourth-order valence-corrected chi connectivity index (χ4v) is 3.97. The lowest BCUT2D eigenvalue weighted by atomic mass is 9.77. The Hall–Kier alpha value is -1.06. The lowest BCUT2D eigenvalue weighted by molar-refractivity contribution is -0.124. The standard InChI is InChI=1S/C16H20N2O.ClH/c19-16(15-7-10-3-1-2-4-14(10)15)18-13-8-11-5-6-12(9-13)17-11;/h1-4,11-13,15,17H,5-9H2,(H,18,19);1H. The topological polar surface area (TPSA) is 41.1 Å². The summed E-state index contributed by atoms with van der Waals surface area (Å²) in [5.41, 5.74) is 2.57. The number of piperidine rings is 1. The molecule has 0 aromatic heterocycles. The molecule has 1 aromatic rings. The Morgan fingerprint density at radius 3 is 2.55 bits per heavy atom. The third-order valence-electron chi connectivity index (χ3n) is 4.99. The lowest BCUT2D eigenvalue weighted by Gasteiger charge is -2.34. The maximum absolute atomic E-state index is 12.4. The van der Waals surface area contributed by atoms with Crippen molar-refractivity contribution in [1.82, 2.24) is 10.6 Å². The van der Waals surface area contributed by atoms with Gasteiger partial charge in [0.1, 0.15) is 0 Å². The summed E-state index contributed by atoms with van der Waals surface area (Å²) in [4.78, 5) is 12.4. The van der Waals surface area contributed by atoms with Crippen LogP contribution >= 0.6 is 12.4 Å². The third-order valence-corrected chi connectivity index (χ3v) is 4.99. The first-order valence-electron chi connectivity index (χ1n) is 7.44. The molecular weight excluding hydrogens is 272 g/mol. The third kappa shape index (κ3) is 2.33. The Balaban J connectivity index is 0.00000121. The average molecular weight is 293 g/mol. The maximum Gasteiger partial charge on any atom is 0.228 e. The summed E-state index contributed by atoms with van der Waals surface area (Å²) < 4.78 is 0. The molecule has 2 N–H and O–H groups in total. The highest BCUT2D eigenvalue weighted by Gasteiger charge is 2.37. The van der Waals surface area contributed by atoms with Gasteiger partial charge >= 0.3 is 0 Å². The lowest BCUT2D eigenvalue weighted by Crippen LogP contribution is -2.49. The highest BCUT2D eigenvalue weighted by molar-refractivity contribution is 5.87. The van der Waals surface area contributed by atoms with E-state index >= 15 is 0 Å². The molecule has 4 rings (SSSR count). The molecule has 0 radical (unpaired) electrons. The molecule has 3 nitrogen and oxygen atoms in total. The van der Waals surface area contributed by atoms with Crippen LogP contribution in [0.1, 0.15) is 42.7 Å². The van der Waals surface area contributed by atoms with Gasteiger partial charge in [0.2, 0.25) is 5.91 Å². The van der Waals surface area contributed by atoms with E-state index in [1.165, 1.54) is 24.0 Å². The maximum atomic E-state index is 12.4. The largest absolute Gasteiger partial charge is 0.353 e. The first-order valence-corrected chi connectivity index (χ1v) is 7.44. The van der Waals surface area contributed by atoms with Gasteiger partial charge in [0.25, 0.3) is 0 Å². The number of amides is 1. The van der Waals surface area contributed by atoms with Crippen LogP contribution < -0.4 is 10.6 Å². The van der Waals surface area contributed by atoms with Gasteiger partial charge in [-0.3, -0.25) is 4.79 Å². The Morgan fingerprint density at radius 1 is 1.15 bits per heavy atom. The van der Waals surface area contributed by atoms with Crippen molar-refractivity contribution in [2.45, 2.75) is 56.1 Å². The van der Waals surface area contributed by atoms with Crippen LogP contribution in [0.4, 0.5) is 0 Å². The highest BCUT2D eigenvalue weighted by Crippen LogP contribution is 2.35. The SMILES string of the molecule is Cl.O=C(NC1CC2CCC(C1)N2)C1Cc2ccccc21. The van der Waals surface area contributed by atoms with Crippen LogP contribution in [0.3, 0.4) is 0 Å². The van der Waals surface area contributed by atoms with Crippen LogP contribution in [-0.2, 0) is 11.2 Å². The van der Waals surface area contributed by atoms with E-state index < -0.39 is 0 Å². The Morgan fingerprint density at radius 2 is 1.85 bits per heavy atom. The second-order valence-corrected chi connectivity index (χ2v) is 6.27. The number of fused-ring (bicyclic) bond motifs is 3. The number of nitrogens with one attached hydrogen (secondary N) is 2. The predicted octanol–water partition coefficient (Wildman–Crippen LogP) is 2.15. The van der Waals surface area contributed by atoms with Gasteiger partial charge in [-0.25, -0.2) is 0 Å². The van der Waals surface area contributed by atoms with Gasteiger partial charge in [-0.2, -0.15) is 0 Å². The molecule has 1 aliphatic carbocycles. The monoisotopic (exact) mass is 292 g/mol. The van der Waals surface area contributed by atoms with Crippen molar-refractivity contribution in [3.05, 3.63) is 35.4 Å². The van der Waals surface area contributed by atoms with Crippen molar-refractivity contribution in [3.63, 3.8) is 0 Å². The summed E-state index contributed by atoms with van der Waals surface area (Å²) in [6.45, 7) is 0. The summed E-state index contributed by atoms with van der Waals surface area (Å²) >= 11 is 0.